The summed E-state index contributed by atoms with van der Waals surface area (Å²) in [5.41, 5.74) is -0.932. The minimum atomic E-state index is -0.932. The van der Waals surface area contributed by atoms with Gasteiger partial charge in [0, 0.05) is 26.2 Å². The zero-order valence-corrected chi connectivity index (χ0v) is 14.6. The zero-order valence-electron chi connectivity index (χ0n) is 14.6. The quantitative estimate of drug-likeness (QED) is 0.761. The van der Waals surface area contributed by atoms with Gasteiger partial charge >= 0.3 is 0 Å². The van der Waals surface area contributed by atoms with Crippen LogP contribution < -0.4 is 0 Å². The van der Waals surface area contributed by atoms with Gasteiger partial charge in [0.05, 0.1) is 0 Å². The first-order valence-corrected chi connectivity index (χ1v) is 9.01. The van der Waals surface area contributed by atoms with Crippen LogP contribution in [0.15, 0.2) is 0 Å². The molecule has 0 aromatic carbocycles. The summed E-state index contributed by atoms with van der Waals surface area (Å²) in [6, 6.07) is 0. The van der Waals surface area contributed by atoms with Crippen LogP contribution in [0.4, 0.5) is 4.39 Å². The minimum absolute atomic E-state index is 0.674. The van der Waals surface area contributed by atoms with Crippen LogP contribution in [0.1, 0.15) is 53.4 Å². The number of piperidine rings is 2. The van der Waals surface area contributed by atoms with E-state index in [9.17, 15) is 0 Å². The predicted octanol–water partition coefficient (Wildman–Crippen LogP) is 3.81. The summed E-state index contributed by atoms with van der Waals surface area (Å²) in [5, 5.41) is 0. The molecule has 2 saturated heterocycles. The lowest BCUT2D eigenvalue weighted by molar-refractivity contribution is 0.0102. The molecule has 2 aliphatic heterocycles. The molecule has 0 aromatic heterocycles. The van der Waals surface area contributed by atoms with Gasteiger partial charge < -0.3 is 9.80 Å². The van der Waals surface area contributed by atoms with Crippen molar-refractivity contribution in [3.63, 3.8) is 0 Å². The summed E-state index contributed by atoms with van der Waals surface area (Å²) in [6.45, 7) is 15.0. The Kier molecular flexibility index (Phi) is 6.07. The lowest BCUT2D eigenvalue weighted by Gasteiger charge is -2.42. The molecule has 124 valence electrons. The second kappa shape index (κ2) is 7.41. The zero-order chi connectivity index (χ0) is 15.5. The van der Waals surface area contributed by atoms with Crippen LogP contribution in [-0.4, -0.2) is 54.7 Å². The Hall–Kier alpha value is -0.150. The molecule has 0 aromatic rings. The lowest BCUT2D eigenvalue weighted by Crippen LogP contribution is -2.50. The second-order valence-electron chi connectivity index (χ2n) is 8.20. The normalized spacial score (nSPS) is 25.9. The molecule has 0 N–H and O–H groups in total. The molecule has 2 heterocycles. The van der Waals surface area contributed by atoms with Crippen LogP contribution in [0, 0.1) is 17.8 Å². The van der Waals surface area contributed by atoms with E-state index < -0.39 is 5.67 Å². The third-order valence-electron chi connectivity index (χ3n) is 5.46. The Morgan fingerprint density at radius 3 is 2.00 bits per heavy atom. The van der Waals surface area contributed by atoms with Gasteiger partial charge in [0.15, 0.2) is 0 Å². The Bertz CT molecular complexity index is 300. The second-order valence-corrected chi connectivity index (χ2v) is 8.20. The Labute approximate surface area is 131 Å². The van der Waals surface area contributed by atoms with Gasteiger partial charge in [-0.2, -0.15) is 0 Å². The van der Waals surface area contributed by atoms with Crippen LogP contribution >= 0.6 is 0 Å². The molecular weight excluding hydrogens is 263 g/mol. The maximum Gasteiger partial charge on any atom is 0.126 e. The van der Waals surface area contributed by atoms with Crippen LogP contribution in [0.2, 0.25) is 0 Å². The largest absolute Gasteiger partial charge is 0.303 e. The van der Waals surface area contributed by atoms with Gasteiger partial charge in [-0.1, -0.05) is 27.7 Å². The Morgan fingerprint density at radius 1 is 0.952 bits per heavy atom. The maximum atomic E-state index is 15.1. The highest BCUT2D eigenvalue weighted by molar-refractivity contribution is 4.90. The number of halogens is 1. The van der Waals surface area contributed by atoms with Gasteiger partial charge in [-0.15, -0.1) is 0 Å². The van der Waals surface area contributed by atoms with Crippen molar-refractivity contribution in [3.8, 4) is 0 Å². The SMILES string of the molecule is CC(C)CN1CCC(F)(CN2CCC(C(C)C)CC2)CC1. The lowest BCUT2D eigenvalue weighted by atomic mass is 9.85. The topological polar surface area (TPSA) is 6.48 Å². The molecule has 0 spiro atoms. The first-order chi connectivity index (χ1) is 9.88. The first kappa shape index (κ1) is 17.2. The molecule has 2 rings (SSSR count). The summed E-state index contributed by atoms with van der Waals surface area (Å²) in [4.78, 5) is 4.82. The highest BCUT2D eigenvalue weighted by Crippen LogP contribution is 2.31. The predicted molar refractivity (Wildman–Crippen MR) is 88.4 cm³/mol. The first-order valence-electron chi connectivity index (χ1n) is 9.01. The average Bonchev–Trinajstić information content (AvgIpc) is 2.42. The minimum Gasteiger partial charge on any atom is -0.303 e. The van der Waals surface area contributed by atoms with E-state index >= 15 is 4.39 Å². The van der Waals surface area contributed by atoms with Crippen molar-refractivity contribution in [2.45, 2.75) is 59.0 Å². The molecule has 0 radical (unpaired) electrons. The highest BCUT2D eigenvalue weighted by Gasteiger charge is 2.37. The van der Waals surface area contributed by atoms with E-state index in [-0.39, 0.29) is 0 Å². The van der Waals surface area contributed by atoms with E-state index in [0.29, 0.717) is 12.5 Å². The van der Waals surface area contributed by atoms with Crippen LogP contribution in [0.3, 0.4) is 0 Å². The Morgan fingerprint density at radius 2 is 1.52 bits per heavy atom. The summed E-state index contributed by atoms with van der Waals surface area (Å²) >= 11 is 0. The number of alkyl halides is 1. The van der Waals surface area contributed by atoms with Crippen molar-refractivity contribution in [1.29, 1.82) is 0 Å². The smallest absolute Gasteiger partial charge is 0.126 e. The van der Waals surface area contributed by atoms with E-state index in [0.717, 1.165) is 57.4 Å². The van der Waals surface area contributed by atoms with Crippen molar-refractivity contribution in [3.05, 3.63) is 0 Å². The molecule has 0 aliphatic carbocycles. The van der Waals surface area contributed by atoms with Crippen molar-refractivity contribution in [2.24, 2.45) is 17.8 Å². The summed E-state index contributed by atoms with van der Waals surface area (Å²) in [5.74, 6) is 2.32. The standard InChI is InChI=1S/C18H35FN2/c1-15(2)13-20-11-7-18(19,8-12-20)14-21-9-5-17(6-10-21)16(3)4/h15-17H,5-14H2,1-4H3. The van der Waals surface area contributed by atoms with E-state index in [1.807, 2.05) is 0 Å². The molecule has 21 heavy (non-hydrogen) atoms. The molecular formula is C18H35FN2. The van der Waals surface area contributed by atoms with Crippen molar-refractivity contribution in [2.75, 3.05) is 39.3 Å². The van der Waals surface area contributed by atoms with E-state index in [4.69, 9.17) is 0 Å². The number of hydrogen-bond acceptors (Lipinski definition) is 2. The van der Waals surface area contributed by atoms with Gasteiger partial charge in [-0.25, -0.2) is 4.39 Å². The van der Waals surface area contributed by atoms with Gasteiger partial charge in [-0.05, 0) is 56.5 Å². The fourth-order valence-corrected chi connectivity index (χ4v) is 3.99. The van der Waals surface area contributed by atoms with E-state index in [1.165, 1.54) is 12.8 Å². The molecule has 2 aliphatic rings. The van der Waals surface area contributed by atoms with Crippen LogP contribution in [-0.2, 0) is 0 Å². The van der Waals surface area contributed by atoms with Gasteiger partial charge in [0.25, 0.3) is 0 Å². The summed E-state index contributed by atoms with van der Waals surface area (Å²) in [6.07, 6.45) is 3.97. The van der Waals surface area contributed by atoms with Crippen LogP contribution in [0.5, 0.6) is 0 Å². The van der Waals surface area contributed by atoms with E-state index in [2.05, 4.69) is 37.5 Å². The van der Waals surface area contributed by atoms with Gasteiger partial charge in [0.1, 0.15) is 5.67 Å². The number of nitrogens with zero attached hydrogens (tertiary/aromatic N) is 2. The molecule has 0 bridgehead atoms. The highest BCUT2D eigenvalue weighted by atomic mass is 19.1. The third kappa shape index (κ3) is 5.21. The van der Waals surface area contributed by atoms with Crippen molar-refractivity contribution in [1.82, 2.24) is 9.80 Å². The molecule has 0 saturated carbocycles. The number of rotatable bonds is 5. The molecule has 2 nitrogen and oxygen atoms in total. The van der Waals surface area contributed by atoms with Crippen LogP contribution in [0.25, 0.3) is 0 Å². The van der Waals surface area contributed by atoms with Crippen molar-refractivity contribution >= 4 is 0 Å². The third-order valence-corrected chi connectivity index (χ3v) is 5.46. The molecule has 2 fully saturated rings. The molecule has 0 amide bonds. The van der Waals surface area contributed by atoms with Crippen molar-refractivity contribution < 1.29 is 4.39 Å². The monoisotopic (exact) mass is 298 g/mol. The molecule has 0 atom stereocenters. The molecule has 3 heteroatoms. The van der Waals surface area contributed by atoms with Gasteiger partial charge in [-0.3, -0.25) is 0 Å². The fraction of sp³-hybridized carbons (Fsp3) is 1.00. The average molecular weight is 298 g/mol. The summed E-state index contributed by atoms with van der Waals surface area (Å²) in [7, 11) is 0. The fourth-order valence-electron chi connectivity index (χ4n) is 3.99. The molecule has 0 unspecified atom stereocenters. The number of likely N-dealkylation sites (tertiary alicyclic amines) is 2. The summed E-state index contributed by atoms with van der Waals surface area (Å²) < 4.78 is 15.1. The van der Waals surface area contributed by atoms with Gasteiger partial charge in [0.2, 0.25) is 0 Å². The number of hydrogen-bond donors (Lipinski definition) is 0. The van der Waals surface area contributed by atoms with E-state index in [1.54, 1.807) is 0 Å². The maximum absolute atomic E-state index is 15.1. The Balaban J connectivity index is 1.74.